The van der Waals surface area contributed by atoms with E-state index in [0.29, 0.717) is 25.9 Å². The number of nitrogens with one attached hydrogen (secondary N) is 1. The minimum Gasteiger partial charge on any atom is -0.433 e. The van der Waals surface area contributed by atoms with Crippen LogP contribution in [0.5, 0.6) is 5.75 Å². The molecule has 1 aromatic carbocycles. The molecule has 10 heteroatoms. The van der Waals surface area contributed by atoms with E-state index >= 15 is 0 Å². The molecule has 6 nitrogen and oxygen atoms in total. The number of amides is 1. The minimum absolute atomic E-state index is 0.0438. The number of hydrogen-bond acceptors (Lipinski definition) is 4. The lowest BCUT2D eigenvalue weighted by atomic mass is 10.1. The van der Waals surface area contributed by atoms with Crippen LogP contribution in [0.3, 0.4) is 0 Å². The van der Waals surface area contributed by atoms with E-state index < -0.39 is 16.6 Å². The lowest BCUT2D eigenvalue weighted by Crippen LogP contribution is -2.45. The Labute approximate surface area is 143 Å². The average molecular weight is 383 g/mol. The van der Waals surface area contributed by atoms with Crippen molar-refractivity contribution in [1.29, 1.82) is 0 Å². The number of sulfonamides is 1. The monoisotopic (exact) mass is 382 g/mol. The number of carbonyl (C=O) groups is 1. The Morgan fingerprint density at radius 3 is 2.50 bits per heavy atom. The summed E-state index contributed by atoms with van der Waals surface area (Å²) < 4.78 is 55.8. The molecule has 0 bridgehead atoms. The first-order valence-corrected chi connectivity index (χ1v) is 9.07. The zero-order valence-electron chi connectivity index (χ0n) is 12.8. The molecule has 1 fully saturated rings. The molecule has 134 valence electrons. The molecular weight excluding hydrogens is 366 g/mol. The molecular formula is C14H17ClF2N2O4S. The Kier molecular flexibility index (Phi) is 6.00. The number of hydrogen-bond donors (Lipinski definition) is 1. The Balaban J connectivity index is 2.05. The van der Waals surface area contributed by atoms with Gasteiger partial charge in [-0.15, -0.1) is 0 Å². The van der Waals surface area contributed by atoms with Gasteiger partial charge in [-0.25, -0.2) is 13.1 Å². The van der Waals surface area contributed by atoms with Crippen molar-refractivity contribution >= 4 is 27.5 Å². The maximum Gasteiger partial charge on any atom is 0.387 e. The van der Waals surface area contributed by atoms with Gasteiger partial charge in [-0.2, -0.15) is 8.78 Å². The van der Waals surface area contributed by atoms with Crippen LogP contribution in [-0.4, -0.2) is 45.0 Å². The van der Waals surface area contributed by atoms with E-state index in [0.717, 1.165) is 18.2 Å². The molecule has 1 heterocycles. The van der Waals surface area contributed by atoms with Gasteiger partial charge in [0.15, 0.2) is 0 Å². The number of benzene rings is 1. The van der Waals surface area contributed by atoms with Crippen LogP contribution in [0.1, 0.15) is 19.8 Å². The Hall–Kier alpha value is -1.45. The van der Waals surface area contributed by atoms with Crippen LogP contribution in [0.25, 0.3) is 0 Å². The largest absolute Gasteiger partial charge is 0.433 e. The molecule has 0 aliphatic carbocycles. The quantitative estimate of drug-likeness (QED) is 0.847. The molecule has 2 rings (SSSR count). The molecule has 0 atom stereocenters. The predicted octanol–water partition coefficient (Wildman–Crippen LogP) is 2.23. The third kappa shape index (κ3) is 4.78. The summed E-state index contributed by atoms with van der Waals surface area (Å²) >= 11 is 5.78. The third-order valence-corrected chi connectivity index (χ3v) is 5.51. The summed E-state index contributed by atoms with van der Waals surface area (Å²) in [5.41, 5.74) is 0. The molecule has 0 spiro atoms. The second kappa shape index (κ2) is 7.62. The summed E-state index contributed by atoms with van der Waals surface area (Å²) in [6.07, 6.45) is 0.998. The van der Waals surface area contributed by atoms with Crippen molar-refractivity contribution in [3.05, 3.63) is 23.2 Å². The van der Waals surface area contributed by atoms with Crippen LogP contribution >= 0.6 is 11.6 Å². The standard InChI is InChI=1S/C14H17ClF2N2O4S/c1-9(20)19-6-4-10(5-7-19)18-24(21,22)11-2-3-13(12(15)8-11)23-14(16)17/h2-3,8,10,14,18H,4-7H2,1H3. The average Bonchev–Trinajstić information content (AvgIpc) is 2.49. The number of alkyl halides is 2. The Morgan fingerprint density at radius 1 is 1.38 bits per heavy atom. The zero-order chi connectivity index (χ0) is 17.9. The normalized spacial score (nSPS) is 16.5. The van der Waals surface area contributed by atoms with E-state index in [1.54, 1.807) is 4.90 Å². The summed E-state index contributed by atoms with van der Waals surface area (Å²) in [6.45, 7) is -0.626. The highest BCUT2D eigenvalue weighted by Crippen LogP contribution is 2.29. The van der Waals surface area contributed by atoms with Gasteiger partial charge < -0.3 is 9.64 Å². The van der Waals surface area contributed by atoms with Crippen molar-refractivity contribution in [3.63, 3.8) is 0 Å². The van der Waals surface area contributed by atoms with Crippen molar-refractivity contribution in [2.24, 2.45) is 0 Å². The molecule has 1 amide bonds. The number of likely N-dealkylation sites (tertiary alicyclic amines) is 1. The smallest absolute Gasteiger partial charge is 0.387 e. The summed E-state index contributed by atoms with van der Waals surface area (Å²) in [7, 11) is -3.85. The molecule has 1 aromatic rings. The topological polar surface area (TPSA) is 75.7 Å². The first-order valence-electron chi connectivity index (χ1n) is 7.21. The number of piperidine rings is 1. The van der Waals surface area contributed by atoms with Gasteiger partial charge in [0.2, 0.25) is 15.9 Å². The van der Waals surface area contributed by atoms with E-state index in [1.165, 1.54) is 6.92 Å². The number of rotatable bonds is 5. The van der Waals surface area contributed by atoms with Gasteiger partial charge in [0.1, 0.15) is 5.75 Å². The fraction of sp³-hybridized carbons (Fsp3) is 0.500. The summed E-state index contributed by atoms with van der Waals surface area (Å²) in [6, 6.07) is 2.99. The Bertz CT molecular complexity index is 707. The number of ether oxygens (including phenoxy) is 1. The molecule has 1 N–H and O–H groups in total. The van der Waals surface area contributed by atoms with Gasteiger partial charge in [0, 0.05) is 26.1 Å². The number of carbonyl (C=O) groups excluding carboxylic acids is 1. The van der Waals surface area contributed by atoms with Crippen molar-refractivity contribution in [2.75, 3.05) is 13.1 Å². The lowest BCUT2D eigenvalue weighted by molar-refractivity contribution is -0.129. The van der Waals surface area contributed by atoms with E-state index in [9.17, 15) is 22.0 Å². The van der Waals surface area contributed by atoms with Crippen LogP contribution < -0.4 is 9.46 Å². The van der Waals surface area contributed by atoms with Crippen LogP contribution in [0.15, 0.2) is 23.1 Å². The summed E-state index contributed by atoms with van der Waals surface area (Å²) in [4.78, 5) is 12.8. The molecule has 24 heavy (non-hydrogen) atoms. The lowest BCUT2D eigenvalue weighted by Gasteiger charge is -2.31. The Morgan fingerprint density at radius 2 is 2.00 bits per heavy atom. The molecule has 0 saturated carbocycles. The van der Waals surface area contributed by atoms with Crippen molar-refractivity contribution in [3.8, 4) is 5.75 Å². The summed E-state index contributed by atoms with van der Waals surface area (Å²) in [5, 5.41) is -0.218. The highest BCUT2D eigenvalue weighted by atomic mass is 35.5. The molecule has 0 radical (unpaired) electrons. The minimum atomic E-state index is -3.85. The van der Waals surface area contributed by atoms with Gasteiger partial charge >= 0.3 is 6.61 Å². The van der Waals surface area contributed by atoms with E-state index in [-0.39, 0.29) is 27.6 Å². The van der Waals surface area contributed by atoms with Gasteiger partial charge in [0.05, 0.1) is 9.92 Å². The van der Waals surface area contributed by atoms with Crippen LogP contribution in [0.4, 0.5) is 8.78 Å². The van der Waals surface area contributed by atoms with Crippen LogP contribution in [-0.2, 0) is 14.8 Å². The number of nitrogens with zero attached hydrogens (tertiary/aromatic N) is 1. The molecule has 1 aliphatic heterocycles. The highest BCUT2D eigenvalue weighted by molar-refractivity contribution is 7.89. The van der Waals surface area contributed by atoms with Crippen LogP contribution in [0, 0.1) is 0 Å². The summed E-state index contributed by atoms with van der Waals surface area (Å²) in [5.74, 6) is -0.335. The zero-order valence-corrected chi connectivity index (χ0v) is 14.4. The molecule has 1 saturated heterocycles. The van der Waals surface area contributed by atoms with Crippen molar-refractivity contribution in [2.45, 2.75) is 37.3 Å². The van der Waals surface area contributed by atoms with Gasteiger partial charge in [-0.1, -0.05) is 11.6 Å². The fourth-order valence-electron chi connectivity index (χ4n) is 2.44. The second-order valence-corrected chi connectivity index (χ2v) is 7.49. The van der Waals surface area contributed by atoms with Gasteiger partial charge in [-0.3, -0.25) is 4.79 Å². The first kappa shape index (κ1) is 18.9. The van der Waals surface area contributed by atoms with Crippen molar-refractivity contribution < 1.29 is 26.7 Å². The predicted molar refractivity (Wildman–Crippen MR) is 83.7 cm³/mol. The fourth-order valence-corrected chi connectivity index (χ4v) is 4.06. The maximum absolute atomic E-state index is 12.4. The van der Waals surface area contributed by atoms with Crippen molar-refractivity contribution in [1.82, 2.24) is 9.62 Å². The van der Waals surface area contributed by atoms with Gasteiger partial charge in [0.25, 0.3) is 0 Å². The SMILES string of the molecule is CC(=O)N1CCC(NS(=O)(=O)c2ccc(OC(F)F)c(Cl)c2)CC1. The highest BCUT2D eigenvalue weighted by Gasteiger charge is 2.26. The number of halogens is 3. The molecule has 1 aliphatic rings. The van der Waals surface area contributed by atoms with E-state index in [2.05, 4.69) is 9.46 Å². The van der Waals surface area contributed by atoms with Crippen LogP contribution in [0.2, 0.25) is 5.02 Å². The second-order valence-electron chi connectivity index (χ2n) is 5.37. The van der Waals surface area contributed by atoms with E-state index in [4.69, 9.17) is 11.6 Å². The van der Waals surface area contributed by atoms with Gasteiger partial charge in [-0.05, 0) is 31.0 Å². The molecule has 0 unspecified atom stereocenters. The van der Waals surface area contributed by atoms with E-state index in [1.807, 2.05) is 0 Å². The maximum atomic E-state index is 12.4. The molecule has 0 aromatic heterocycles. The first-order chi connectivity index (χ1) is 11.2. The third-order valence-electron chi connectivity index (χ3n) is 3.69.